The predicted octanol–water partition coefficient (Wildman–Crippen LogP) is 3.93. The first-order valence-electron chi connectivity index (χ1n) is 9.57. The van der Waals surface area contributed by atoms with Crippen molar-refractivity contribution >= 4 is 40.2 Å². The Morgan fingerprint density at radius 3 is 2.60 bits per heavy atom. The summed E-state index contributed by atoms with van der Waals surface area (Å²) in [7, 11) is 0. The Morgan fingerprint density at radius 2 is 2.00 bits per heavy atom. The lowest BCUT2D eigenvalue weighted by molar-refractivity contribution is -0.382. The first kappa shape index (κ1) is 21.8. The minimum atomic E-state index is -0.583. The molecular formula is C20H23ClN4O5. The van der Waals surface area contributed by atoms with E-state index < -0.39 is 16.4 Å². The van der Waals surface area contributed by atoms with Gasteiger partial charge in [-0.3, -0.25) is 19.9 Å². The van der Waals surface area contributed by atoms with Crippen LogP contribution in [-0.4, -0.2) is 51.5 Å². The predicted molar refractivity (Wildman–Crippen MR) is 112 cm³/mol. The maximum absolute atomic E-state index is 12.9. The van der Waals surface area contributed by atoms with Crippen molar-refractivity contribution in [2.24, 2.45) is 0 Å². The van der Waals surface area contributed by atoms with E-state index in [-0.39, 0.29) is 39.3 Å². The molecule has 1 N–H and O–H groups in total. The SMILES string of the molecule is CC(C)(C)OC(=O)N1CCC(NC(=O)c2cc(Cl)c([N+](=O)[O-])c3cccnc23)CC1. The number of carbonyl (C=O) groups is 2. The molecule has 0 aliphatic carbocycles. The van der Waals surface area contributed by atoms with Gasteiger partial charge >= 0.3 is 6.09 Å². The summed E-state index contributed by atoms with van der Waals surface area (Å²) in [6.45, 7) is 6.35. The highest BCUT2D eigenvalue weighted by molar-refractivity contribution is 6.35. The molecule has 9 nitrogen and oxygen atoms in total. The number of benzene rings is 1. The van der Waals surface area contributed by atoms with Crippen LogP contribution in [-0.2, 0) is 4.74 Å². The Labute approximate surface area is 178 Å². The van der Waals surface area contributed by atoms with E-state index in [0.29, 0.717) is 25.9 Å². The molecule has 2 heterocycles. The third-order valence-corrected chi connectivity index (χ3v) is 5.01. The van der Waals surface area contributed by atoms with Crippen LogP contribution >= 0.6 is 11.6 Å². The molecule has 10 heteroatoms. The third-order valence-electron chi connectivity index (χ3n) is 4.72. The molecule has 1 fully saturated rings. The summed E-state index contributed by atoms with van der Waals surface area (Å²) in [5.41, 5.74) is -0.444. The van der Waals surface area contributed by atoms with Gasteiger partial charge in [-0.2, -0.15) is 0 Å². The van der Waals surface area contributed by atoms with Gasteiger partial charge < -0.3 is 15.0 Å². The number of hydrogen-bond acceptors (Lipinski definition) is 6. The van der Waals surface area contributed by atoms with E-state index in [1.165, 1.54) is 18.3 Å². The second-order valence-electron chi connectivity index (χ2n) is 8.13. The molecule has 0 radical (unpaired) electrons. The number of nitro benzene ring substituents is 1. The van der Waals surface area contributed by atoms with Crippen molar-refractivity contribution in [1.29, 1.82) is 0 Å². The second-order valence-corrected chi connectivity index (χ2v) is 8.53. The van der Waals surface area contributed by atoms with E-state index >= 15 is 0 Å². The summed E-state index contributed by atoms with van der Waals surface area (Å²) in [4.78, 5) is 41.6. The quantitative estimate of drug-likeness (QED) is 0.578. The van der Waals surface area contributed by atoms with Crippen LogP contribution in [0.3, 0.4) is 0 Å². The Bertz CT molecular complexity index is 997. The number of halogens is 1. The molecule has 1 aromatic carbocycles. The van der Waals surface area contributed by atoms with E-state index in [2.05, 4.69) is 10.3 Å². The maximum atomic E-state index is 12.9. The van der Waals surface area contributed by atoms with Gasteiger partial charge in [-0.1, -0.05) is 11.6 Å². The van der Waals surface area contributed by atoms with Crippen LogP contribution < -0.4 is 5.32 Å². The number of nitro groups is 1. The highest BCUT2D eigenvalue weighted by Crippen LogP contribution is 2.34. The van der Waals surface area contributed by atoms with E-state index in [1.54, 1.807) is 11.0 Å². The summed E-state index contributed by atoms with van der Waals surface area (Å²) in [5.74, 6) is -0.411. The number of carbonyl (C=O) groups excluding carboxylic acids is 2. The lowest BCUT2D eigenvalue weighted by Gasteiger charge is -2.33. The number of likely N-dealkylation sites (tertiary alicyclic amines) is 1. The van der Waals surface area contributed by atoms with Crippen LogP contribution in [0.15, 0.2) is 24.4 Å². The maximum Gasteiger partial charge on any atom is 0.410 e. The van der Waals surface area contributed by atoms with Gasteiger partial charge in [-0.15, -0.1) is 0 Å². The number of aromatic nitrogens is 1. The van der Waals surface area contributed by atoms with Crippen LogP contribution in [0, 0.1) is 10.1 Å². The van der Waals surface area contributed by atoms with E-state index in [0.717, 1.165) is 0 Å². The topological polar surface area (TPSA) is 115 Å². The van der Waals surface area contributed by atoms with Crippen molar-refractivity contribution in [3.05, 3.63) is 45.1 Å². The minimum Gasteiger partial charge on any atom is -0.444 e. The Kier molecular flexibility index (Phi) is 6.12. The molecular weight excluding hydrogens is 412 g/mol. The molecule has 1 saturated heterocycles. The van der Waals surface area contributed by atoms with Crippen molar-refractivity contribution in [2.45, 2.75) is 45.3 Å². The third kappa shape index (κ3) is 4.79. The van der Waals surface area contributed by atoms with Crippen LogP contribution in [0.4, 0.5) is 10.5 Å². The van der Waals surface area contributed by atoms with Gasteiger partial charge in [0.2, 0.25) is 0 Å². The summed E-state index contributed by atoms with van der Waals surface area (Å²) in [5, 5.41) is 14.4. The van der Waals surface area contributed by atoms with Gasteiger partial charge in [-0.25, -0.2) is 4.79 Å². The molecule has 3 rings (SSSR count). The van der Waals surface area contributed by atoms with Gasteiger partial charge in [0.25, 0.3) is 11.6 Å². The number of fused-ring (bicyclic) bond motifs is 1. The smallest absolute Gasteiger partial charge is 0.410 e. The van der Waals surface area contributed by atoms with Crippen LogP contribution in [0.2, 0.25) is 5.02 Å². The zero-order valence-electron chi connectivity index (χ0n) is 17.0. The van der Waals surface area contributed by atoms with Crippen molar-refractivity contribution in [1.82, 2.24) is 15.2 Å². The summed E-state index contributed by atoms with van der Waals surface area (Å²) < 4.78 is 5.38. The van der Waals surface area contributed by atoms with Crippen LogP contribution in [0.25, 0.3) is 10.9 Å². The second kappa shape index (κ2) is 8.43. The number of hydrogen-bond donors (Lipinski definition) is 1. The van der Waals surface area contributed by atoms with Gasteiger partial charge in [0.05, 0.1) is 21.4 Å². The number of rotatable bonds is 3. The van der Waals surface area contributed by atoms with E-state index in [1.807, 2.05) is 20.8 Å². The van der Waals surface area contributed by atoms with Crippen molar-refractivity contribution in [3.8, 4) is 0 Å². The number of pyridine rings is 1. The first-order chi connectivity index (χ1) is 14.1. The highest BCUT2D eigenvalue weighted by Gasteiger charge is 2.29. The highest BCUT2D eigenvalue weighted by atomic mass is 35.5. The fraction of sp³-hybridized carbons (Fsp3) is 0.450. The number of nitrogens with zero attached hydrogens (tertiary/aromatic N) is 3. The Morgan fingerprint density at radius 1 is 1.33 bits per heavy atom. The Hall–Kier alpha value is -2.94. The normalized spacial score (nSPS) is 15.1. The molecule has 2 aromatic rings. The largest absolute Gasteiger partial charge is 0.444 e. The van der Waals surface area contributed by atoms with E-state index in [4.69, 9.17) is 16.3 Å². The molecule has 160 valence electrons. The molecule has 2 amide bonds. The average Bonchev–Trinajstić information content (AvgIpc) is 2.66. The van der Waals surface area contributed by atoms with Gasteiger partial charge in [0.1, 0.15) is 10.6 Å². The van der Waals surface area contributed by atoms with Crippen molar-refractivity contribution in [3.63, 3.8) is 0 Å². The molecule has 0 atom stereocenters. The van der Waals surface area contributed by atoms with Gasteiger partial charge in [0, 0.05) is 25.3 Å². The molecule has 1 aliphatic heterocycles. The van der Waals surface area contributed by atoms with Gasteiger partial charge in [0.15, 0.2) is 0 Å². The fourth-order valence-electron chi connectivity index (χ4n) is 3.36. The van der Waals surface area contributed by atoms with Crippen molar-refractivity contribution in [2.75, 3.05) is 13.1 Å². The average molecular weight is 435 g/mol. The lowest BCUT2D eigenvalue weighted by atomic mass is 10.0. The zero-order valence-corrected chi connectivity index (χ0v) is 17.7. The molecule has 30 heavy (non-hydrogen) atoms. The molecule has 0 spiro atoms. The molecule has 1 aliphatic rings. The standard InChI is InChI=1S/C20H23ClN4O5/c1-20(2,3)30-19(27)24-9-6-12(7-10-24)23-18(26)14-11-15(21)17(25(28)29)13-5-4-8-22-16(13)14/h4-5,8,11-12H,6-7,9-10H2,1-3H3,(H,23,26). The van der Waals surface area contributed by atoms with E-state index in [9.17, 15) is 19.7 Å². The number of nitrogens with one attached hydrogen (secondary N) is 1. The Balaban J connectivity index is 1.72. The summed E-state index contributed by atoms with van der Waals surface area (Å²) in [6, 6.07) is 4.20. The van der Waals surface area contributed by atoms with Crippen LogP contribution in [0.5, 0.6) is 0 Å². The molecule has 0 bridgehead atoms. The molecule has 0 unspecified atom stereocenters. The molecule has 0 saturated carbocycles. The number of ether oxygens (including phenoxy) is 1. The van der Waals surface area contributed by atoms with Crippen molar-refractivity contribution < 1.29 is 19.2 Å². The number of piperidine rings is 1. The zero-order chi connectivity index (χ0) is 22.1. The molecule has 1 aromatic heterocycles. The lowest BCUT2D eigenvalue weighted by Crippen LogP contribution is -2.47. The summed E-state index contributed by atoms with van der Waals surface area (Å²) in [6.07, 6.45) is 2.23. The first-order valence-corrected chi connectivity index (χ1v) is 9.95. The summed E-state index contributed by atoms with van der Waals surface area (Å²) >= 11 is 6.09. The minimum absolute atomic E-state index is 0.120. The van der Waals surface area contributed by atoms with Crippen LogP contribution in [0.1, 0.15) is 44.0 Å². The number of amides is 2. The fourth-order valence-corrected chi connectivity index (χ4v) is 3.64. The monoisotopic (exact) mass is 434 g/mol. The van der Waals surface area contributed by atoms with Gasteiger partial charge in [-0.05, 0) is 51.8 Å².